The van der Waals surface area contributed by atoms with Crippen molar-refractivity contribution in [3.05, 3.63) is 47.2 Å². The highest BCUT2D eigenvalue weighted by atomic mass is 19.3. The highest BCUT2D eigenvalue weighted by Crippen LogP contribution is 2.40. The number of carbonyl (C=O) groups is 1. The summed E-state index contributed by atoms with van der Waals surface area (Å²) >= 11 is 0. The molecule has 2 fully saturated rings. The summed E-state index contributed by atoms with van der Waals surface area (Å²) in [7, 11) is 1.85. The standard InChI is InChI=1S/C21H24F2N6O/c1-27-12-14(10-24-27)17-5-3-2-4-8-28(17)21(30)15-11-25-29-18(19(22)23)9-16(13-6-7-13)26-20(15)29/h9-13,17,19H,2-8H2,1H3/t17-/m1/s1. The van der Waals surface area contributed by atoms with E-state index in [2.05, 4.69) is 15.2 Å². The van der Waals surface area contributed by atoms with Crippen LogP contribution in [-0.2, 0) is 7.05 Å². The Morgan fingerprint density at radius 3 is 2.67 bits per heavy atom. The van der Waals surface area contributed by atoms with Crippen molar-refractivity contribution in [2.45, 2.75) is 56.9 Å². The number of likely N-dealkylation sites (tertiary alicyclic amines) is 1. The predicted molar refractivity (Wildman–Crippen MR) is 105 cm³/mol. The molecule has 1 saturated carbocycles. The van der Waals surface area contributed by atoms with Crippen LogP contribution in [0.3, 0.4) is 0 Å². The number of fused-ring (bicyclic) bond motifs is 1. The molecule has 2 aliphatic rings. The van der Waals surface area contributed by atoms with Crippen molar-refractivity contribution in [1.82, 2.24) is 29.3 Å². The average Bonchev–Trinajstić information content (AvgIpc) is 3.43. The lowest BCUT2D eigenvalue weighted by Crippen LogP contribution is -2.34. The summed E-state index contributed by atoms with van der Waals surface area (Å²) in [5.41, 5.74) is 1.93. The summed E-state index contributed by atoms with van der Waals surface area (Å²) in [5.74, 6) is -0.00639. The largest absolute Gasteiger partial charge is 0.331 e. The average molecular weight is 414 g/mol. The van der Waals surface area contributed by atoms with Crippen molar-refractivity contribution in [2.24, 2.45) is 7.05 Å². The predicted octanol–water partition coefficient (Wildman–Crippen LogP) is 4.04. The first-order valence-corrected chi connectivity index (χ1v) is 10.5. The number of aryl methyl sites for hydroxylation is 1. The van der Waals surface area contributed by atoms with E-state index in [1.165, 1.54) is 12.3 Å². The van der Waals surface area contributed by atoms with Crippen LogP contribution >= 0.6 is 0 Å². The molecule has 158 valence electrons. The van der Waals surface area contributed by atoms with Crippen LogP contribution in [0.2, 0.25) is 0 Å². The second-order valence-corrected chi connectivity index (χ2v) is 8.29. The Bertz CT molecular complexity index is 1090. The molecule has 1 atom stereocenters. The zero-order valence-corrected chi connectivity index (χ0v) is 16.8. The van der Waals surface area contributed by atoms with Gasteiger partial charge in [0.1, 0.15) is 11.3 Å². The monoisotopic (exact) mass is 414 g/mol. The summed E-state index contributed by atoms with van der Waals surface area (Å²) in [5, 5.41) is 8.38. The van der Waals surface area contributed by atoms with Gasteiger partial charge in [-0.25, -0.2) is 18.3 Å². The van der Waals surface area contributed by atoms with Crippen LogP contribution in [0.15, 0.2) is 24.7 Å². The van der Waals surface area contributed by atoms with Crippen molar-refractivity contribution in [1.29, 1.82) is 0 Å². The zero-order valence-electron chi connectivity index (χ0n) is 16.8. The van der Waals surface area contributed by atoms with Crippen LogP contribution in [0.5, 0.6) is 0 Å². The van der Waals surface area contributed by atoms with Crippen molar-refractivity contribution >= 4 is 11.6 Å². The number of halogens is 2. The molecule has 3 aromatic heterocycles. The van der Waals surface area contributed by atoms with E-state index in [4.69, 9.17) is 0 Å². The molecule has 1 amide bonds. The summed E-state index contributed by atoms with van der Waals surface area (Å²) in [6, 6.07) is 1.34. The number of amides is 1. The van der Waals surface area contributed by atoms with E-state index in [1.807, 2.05) is 18.1 Å². The second kappa shape index (κ2) is 7.45. The Kier molecular flexibility index (Phi) is 4.75. The van der Waals surface area contributed by atoms with Gasteiger partial charge in [0.05, 0.1) is 18.4 Å². The van der Waals surface area contributed by atoms with Crippen LogP contribution in [0, 0.1) is 0 Å². The van der Waals surface area contributed by atoms with Gasteiger partial charge >= 0.3 is 0 Å². The van der Waals surface area contributed by atoms with E-state index in [9.17, 15) is 13.6 Å². The van der Waals surface area contributed by atoms with Gasteiger partial charge in [0.2, 0.25) is 0 Å². The quantitative estimate of drug-likeness (QED) is 0.646. The summed E-state index contributed by atoms with van der Waals surface area (Å²) in [4.78, 5) is 20.0. The molecule has 0 N–H and O–H groups in total. The summed E-state index contributed by atoms with van der Waals surface area (Å²) < 4.78 is 30.2. The number of nitrogens with zero attached hydrogens (tertiary/aromatic N) is 6. The van der Waals surface area contributed by atoms with E-state index in [-0.39, 0.29) is 34.8 Å². The van der Waals surface area contributed by atoms with Gasteiger partial charge in [0.15, 0.2) is 5.65 Å². The maximum Gasteiger partial charge on any atom is 0.280 e. The van der Waals surface area contributed by atoms with Crippen LogP contribution in [0.25, 0.3) is 5.65 Å². The van der Waals surface area contributed by atoms with Crippen LogP contribution in [0.1, 0.15) is 84.2 Å². The molecule has 1 aliphatic carbocycles. The molecule has 30 heavy (non-hydrogen) atoms. The fraction of sp³-hybridized carbons (Fsp3) is 0.524. The lowest BCUT2D eigenvalue weighted by molar-refractivity contribution is 0.0682. The first-order chi connectivity index (χ1) is 14.5. The van der Waals surface area contributed by atoms with Crippen molar-refractivity contribution in [3.63, 3.8) is 0 Å². The summed E-state index contributed by atoms with van der Waals surface area (Å²) in [6.45, 7) is 0.611. The van der Waals surface area contributed by atoms with E-state index in [1.54, 1.807) is 10.9 Å². The molecule has 1 aliphatic heterocycles. The van der Waals surface area contributed by atoms with Crippen LogP contribution < -0.4 is 0 Å². The Morgan fingerprint density at radius 1 is 1.13 bits per heavy atom. The third-order valence-electron chi connectivity index (χ3n) is 6.09. The van der Waals surface area contributed by atoms with Gasteiger partial charge in [-0.15, -0.1) is 0 Å². The van der Waals surface area contributed by atoms with Crippen LogP contribution in [0.4, 0.5) is 8.78 Å². The van der Waals surface area contributed by atoms with Gasteiger partial charge in [-0.3, -0.25) is 9.48 Å². The fourth-order valence-corrected chi connectivity index (χ4v) is 4.37. The normalized spacial score (nSPS) is 20.1. The minimum absolute atomic E-state index is 0.0927. The Balaban J connectivity index is 1.57. The van der Waals surface area contributed by atoms with Gasteiger partial charge in [0.25, 0.3) is 12.3 Å². The highest BCUT2D eigenvalue weighted by molar-refractivity contribution is 6.00. The number of hydrogen-bond donors (Lipinski definition) is 0. The molecule has 3 aromatic rings. The number of aromatic nitrogens is 5. The first kappa shape index (κ1) is 19.1. The molecule has 1 saturated heterocycles. The van der Waals surface area contributed by atoms with Gasteiger partial charge < -0.3 is 4.90 Å². The number of rotatable bonds is 4. The van der Waals surface area contributed by atoms with Crippen molar-refractivity contribution in [2.75, 3.05) is 6.54 Å². The minimum atomic E-state index is -2.68. The fourth-order valence-electron chi connectivity index (χ4n) is 4.37. The highest BCUT2D eigenvalue weighted by Gasteiger charge is 2.33. The third-order valence-corrected chi connectivity index (χ3v) is 6.09. The smallest absolute Gasteiger partial charge is 0.280 e. The molecule has 0 aromatic carbocycles. The molecule has 0 unspecified atom stereocenters. The van der Waals surface area contributed by atoms with Gasteiger partial charge in [-0.2, -0.15) is 10.2 Å². The number of alkyl halides is 2. The molecular formula is C21H24F2N6O. The number of carbonyl (C=O) groups excluding carboxylic acids is 1. The topological polar surface area (TPSA) is 68.3 Å². The van der Waals surface area contributed by atoms with E-state index >= 15 is 0 Å². The number of hydrogen-bond acceptors (Lipinski definition) is 4. The lowest BCUT2D eigenvalue weighted by Gasteiger charge is -2.29. The summed E-state index contributed by atoms with van der Waals surface area (Å²) in [6.07, 6.45) is 8.15. The lowest BCUT2D eigenvalue weighted by atomic mass is 10.0. The van der Waals surface area contributed by atoms with E-state index in [0.29, 0.717) is 12.2 Å². The molecular weight excluding hydrogens is 390 g/mol. The van der Waals surface area contributed by atoms with Gasteiger partial charge in [0, 0.05) is 37.0 Å². The van der Waals surface area contributed by atoms with Gasteiger partial charge in [-0.1, -0.05) is 12.8 Å². The first-order valence-electron chi connectivity index (χ1n) is 10.5. The molecule has 5 rings (SSSR count). The Morgan fingerprint density at radius 2 is 1.97 bits per heavy atom. The van der Waals surface area contributed by atoms with Crippen LogP contribution in [-0.4, -0.2) is 41.7 Å². The molecule has 4 heterocycles. The maximum atomic E-state index is 13.7. The van der Waals surface area contributed by atoms with Crippen molar-refractivity contribution < 1.29 is 13.6 Å². The van der Waals surface area contributed by atoms with E-state index in [0.717, 1.165) is 48.6 Å². The molecule has 0 spiro atoms. The van der Waals surface area contributed by atoms with Gasteiger partial charge in [-0.05, 0) is 31.7 Å². The molecule has 0 bridgehead atoms. The zero-order chi connectivity index (χ0) is 20.8. The Labute approximate surface area is 172 Å². The van der Waals surface area contributed by atoms with Crippen molar-refractivity contribution in [3.8, 4) is 0 Å². The SMILES string of the molecule is Cn1cc([C@H]2CCCCCN2C(=O)c2cnn3c(C(F)F)cc(C4CC4)nc23)cn1. The second-order valence-electron chi connectivity index (χ2n) is 8.29. The maximum absolute atomic E-state index is 13.7. The minimum Gasteiger partial charge on any atom is -0.331 e. The Hall–Kier alpha value is -2.84. The van der Waals surface area contributed by atoms with E-state index < -0.39 is 6.43 Å². The third kappa shape index (κ3) is 3.36. The molecule has 9 heteroatoms. The molecule has 0 radical (unpaired) electrons. The molecule has 7 nitrogen and oxygen atoms in total.